The lowest BCUT2D eigenvalue weighted by Crippen LogP contribution is -2.68. The van der Waals surface area contributed by atoms with Gasteiger partial charge in [-0.1, -0.05) is 108 Å². The molecule has 1 heterocycles. The van der Waals surface area contributed by atoms with Crippen molar-refractivity contribution in [2.75, 3.05) is 13.7 Å². The van der Waals surface area contributed by atoms with E-state index in [-0.39, 0.29) is 41.7 Å². The summed E-state index contributed by atoms with van der Waals surface area (Å²) in [5, 5.41) is 1.90. The van der Waals surface area contributed by atoms with E-state index in [4.69, 9.17) is 18.6 Å². The fourth-order valence-corrected chi connectivity index (χ4v) is 13.9. The van der Waals surface area contributed by atoms with Crippen molar-refractivity contribution >= 4 is 36.6 Å². The molecule has 46 heavy (non-hydrogen) atoms. The zero-order valence-electron chi connectivity index (χ0n) is 28.3. The second-order valence-corrected chi connectivity index (χ2v) is 19.8. The summed E-state index contributed by atoms with van der Waals surface area (Å²) in [6.45, 7) is 13.0. The molecule has 246 valence electrons. The standard InChI is InChI=1S/C38H48O7Si/c1-25(2)28-18-19-37(33(40)42-7)21-20-36(6)29(32(28)37)22-31-38(23-30(36)39,45-34(41)44-31)24-43-46(35(3,4)5,26-14-10-8-11-15-26)27-16-12-9-13-17-27/h8-17,25,29,31H,18-24H2,1-7H3/t29-,31-,36-,37+,38-/m1/s1. The van der Waals surface area contributed by atoms with Crippen molar-refractivity contribution in [3.8, 4) is 0 Å². The van der Waals surface area contributed by atoms with Crippen molar-refractivity contribution < 1.29 is 33.0 Å². The number of esters is 1. The fraction of sp³-hybridized carbons (Fsp3) is 0.553. The highest BCUT2D eigenvalue weighted by molar-refractivity contribution is 6.99. The molecule has 5 atom stereocenters. The SMILES string of the molecule is COC(=O)[C@]12CCC(C(C)C)=C1[C@H]1C[C@H]3OC(=O)O[C@@]3(CO[Si](c3ccccc3)(c3ccccc3)C(C)(C)C)CC(=O)[C@]1(C)CC2. The van der Waals surface area contributed by atoms with E-state index < -0.39 is 37.0 Å². The molecule has 2 saturated carbocycles. The van der Waals surface area contributed by atoms with Gasteiger partial charge in [0.1, 0.15) is 11.9 Å². The van der Waals surface area contributed by atoms with Gasteiger partial charge in [-0.2, -0.15) is 0 Å². The lowest BCUT2D eigenvalue weighted by molar-refractivity contribution is -0.155. The van der Waals surface area contributed by atoms with Gasteiger partial charge in [0.2, 0.25) is 0 Å². The molecule has 0 radical (unpaired) electrons. The van der Waals surface area contributed by atoms with Gasteiger partial charge in [0, 0.05) is 5.41 Å². The van der Waals surface area contributed by atoms with Gasteiger partial charge >= 0.3 is 12.1 Å². The number of ketones is 1. The van der Waals surface area contributed by atoms with E-state index in [2.05, 4.69) is 58.9 Å². The summed E-state index contributed by atoms with van der Waals surface area (Å²) in [7, 11) is -1.57. The summed E-state index contributed by atoms with van der Waals surface area (Å²) >= 11 is 0. The molecule has 0 amide bonds. The number of methoxy groups -OCH3 is 1. The van der Waals surface area contributed by atoms with Crippen LogP contribution in [0.2, 0.25) is 5.04 Å². The maximum absolute atomic E-state index is 14.7. The number of hydrogen-bond acceptors (Lipinski definition) is 7. The first-order valence-electron chi connectivity index (χ1n) is 16.7. The molecule has 3 fully saturated rings. The van der Waals surface area contributed by atoms with Gasteiger partial charge in [-0.25, -0.2) is 4.79 Å². The summed E-state index contributed by atoms with van der Waals surface area (Å²) in [6.07, 6.45) is 1.54. The van der Waals surface area contributed by atoms with Crippen molar-refractivity contribution in [3.05, 3.63) is 71.8 Å². The normalized spacial score (nSPS) is 31.0. The largest absolute Gasteiger partial charge is 0.509 e. The maximum atomic E-state index is 14.7. The molecule has 1 aliphatic heterocycles. The Morgan fingerprint density at radius 3 is 2.13 bits per heavy atom. The number of carbonyl (C=O) groups is 3. The van der Waals surface area contributed by atoms with Crippen LogP contribution in [0.5, 0.6) is 0 Å². The van der Waals surface area contributed by atoms with E-state index >= 15 is 0 Å². The minimum Gasteiger partial charge on any atom is -0.468 e. The third-order valence-electron chi connectivity index (χ3n) is 11.8. The number of rotatable bonds is 7. The van der Waals surface area contributed by atoms with Crippen LogP contribution in [-0.2, 0) is 28.2 Å². The highest BCUT2D eigenvalue weighted by Gasteiger charge is 2.66. The van der Waals surface area contributed by atoms with Gasteiger partial charge in [0.05, 0.1) is 25.6 Å². The Bertz CT molecular complexity index is 1500. The molecule has 0 N–H and O–H groups in total. The predicted octanol–water partition coefficient (Wildman–Crippen LogP) is 6.52. The number of allylic oxidation sites excluding steroid dienone is 1. The van der Waals surface area contributed by atoms with Crippen LogP contribution in [0.4, 0.5) is 4.79 Å². The van der Waals surface area contributed by atoms with Crippen LogP contribution in [0.15, 0.2) is 71.8 Å². The highest BCUT2D eigenvalue weighted by atomic mass is 28.4. The molecule has 0 bridgehead atoms. The zero-order chi connectivity index (χ0) is 33.1. The molecule has 8 heteroatoms. The van der Waals surface area contributed by atoms with Gasteiger partial charge < -0.3 is 18.6 Å². The smallest absolute Gasteiger partial charge is 0.468 e. The fourth-order valence-electron chi connectivity index (χ4n) is 9.27. The first-order chi connectivity index (χ1) is 21.7. The summed E-state index contributed by atoms with van der Waals surface area (Å²) in [5.74, 6) is -0.252. The molecular formula is C38H48O7Si. The van der Waals surface area contributed by atoms with E-state index in [1.807, 2.05) is 43.3 Å². The maximum Gasteiger partial charge on any atom is 0.509 e. The average Bonchev–Trinajstić information content (AvgIpc) is 3.55. The van der Waals surface area contributed by atoms with Crippen molar-refractivity contribution in [3.63, 3.8) is 0 Å². The topological polar surface area (TPSA) is 88.1 Å². The number of ether oxygens (including phenoxy) is 3. The van der Waals surface area contributed by atoms with Crippen molar-refractivity contribution in [1.82, 2.24) is 0 Å². The Balaban J connectivity index is 1.46. The van der Waals surface area contributed by atoms with Crippen LogP contribution in [0, 0.1) is 22.7 Å². The Morgan fingerprint density at radius 2 is 1.59 bits per heavy atom. The molecule has 2 aromatic carbocycles. The van der Waals surface area contributed by atoms with E-state index in [1.54, 1.807) is 0 Å². The molecular weight excluding hydrogens is 596 g/mol. The molecule has 4 aliphatic rings. The number of hydrogen-bond donors (Lipinski definition) is 0. The van der Waals surface area contributed by atoms with Gasteiger partial charge in [0.15, 0.2) is 5.60 Å². The predicted molar refractivity (Wildman–Crippen MR) is 178 cm³/mol. The summed E-state index contributed by atoms with van der Waals surface area (Å²) in [4.78, 5) is 41.3. The van der Waals surface area contributed by atoms with Gasteiger partial charge in [-0.3, -0.25) is 9.59 Å². The lowest BCUT2D eigenvalue weighted by Gasteiger charge is -2.48. The molecule has 0 unspecified atom stereocenters. The molecule has 6 rings (SSSR count). The van der Waals surface area contributed by atoms with Crippen LogP contribution in [0.1, 0.15) is 80.1 Å². The van der Waals surface area contributed by atoms with E-state index in [0.717, 1.165) is 22.4 Å². The van der Waals surface area contributed by atoms with Crippen LogP contribution in [-0.4, -0.2) is 51.6 Å². The Kier molecular flexibility index (Phi) is 8.16. The van der Waals surface area contributed by atoms with Crippen LogP contribution in [0.3, 0.4) is 0 Å². The second-order valence-electron chi connectivity index (χ2n) is 15.4. The molecule has 0 aromatic heterocycles. The Morgan fingerprint density at radius 1 is 0.978 bits per heavy atom. The number of benzene rings is 2. The first kappa shape index (κ1) is 32.7. The van der Waals surface area contributed by atoms with Crippen LogP contribution in [0.25, 0.3) is 0 Å². The van der Waals surface area contributed by atoms with Gasteiger partial charge in [-0.05, 0) is 64.9 Å². The number of fused-ring (bicyclic) bond motifs is 4. The molecule has 2 aromatic rings. The minimum absolute atomic E-state index is 0.00409. The molecule has 7 nitrogen and oxygen atoms in total. The third-order valence-corrected chi connectivity index (χ3v) is 16.7. The second kappa shape index (κ2) is 11.5. The molecule has 3 aliphatic carbocycles. The zero-order valence-corrected chi connectivity index (χ0v) is 29.3. The quantitative estimate of drug-likeness (QED) is 0.193. The summed E-state index contributed by atoms with van der Waals surface area (Å²) in [6, 6.07) is 20.6. The van der Waals surface area contributed by atoms with Crippen molar-refractivity contribution in [1.29, 1.82) is 0 Å². The van der Waals surface area contributed by atoms with E-state index in [0.29, 0.717) is 25.7 Å². The average molecular weight is 645 g/mol. The Hall–Kier alpha value is -3.23. The van der Waals surface area contributed by atoms with Gasteiger partial charge in [0.25, 0.3) is 8.32 Å². The third kappa shape index (κ3) is 4.81. The van der Waals surface area contributed by atoms with Crippen LogP contribution >= 0.6 is 0 Å². The van der Waals surface area contributed by atoms with Crippen molar-refractivity contribution in [2.24, 2.45) is 22.7 Å². The summed E-state index contributed by atoms with van der Waals surface area (Å²) in [5.41, 5.74) is -0.492. The molecule has 1 saturated heterocycles. The van der Waals surface area contributed by atoms with E-state index in [1.165, 1.54) is 12.7 Å². The van der Waals surface area contributed by atoms with Gasteiger partial charge in [-0.15, -0.1) is 0 Å². The Labute approximate surface area is 274 Å². The van der Waals surface area contributed by atoms with E-state index in [9.17, 15) is 14.4 Å². The minimum atomic E-state index is -3.02. The molecule has 0 spiro atoms. The first-order valence-corrected chi connectivity index (χ1v) is 18.6. The summed E-state index contributed by atoms with van der Waals surface area (Å²) < 4.78 is 24.9. The van der Waals surface area contributed by atoms with Crippen LogP contribution < -0.4 is 10.4 Å². The number of carbonyl (C=O) groups excluding carboxylic acids is 3. The lowest BCUT2D eigenvalue weighted by atomic mass is 9.54. The highest BCUT2D eigenvalue weighted by Crippen LogP contribution is 2.64. The van der Waals surface area contributed by atoms with Crippen molar-refractivity contribution in [2.45, 2.75) is 96.8 Å². The number of Topliss-reactive ketones (excluding diaryl/α,β-unsaturated/α-hetero) is 1. The monoisotopic (exact) mass is 644 g/mol.